The van der Waals surface area contributed by atoms with Gasteiger partial charge in [0.25, 0.3) is 5.91 Å². The van der Waals surface area contributed by atoms with E-state index in [2.05, 4.69) is 37.5 Å². The van der Waals surface area contributed by atoms with Gasteiger partial charge in [-0.3, -0.25) is 19.6 Å². The Morgan fingerprint density at radius 1 is 1.29 bits per heavy atom. The number of likely N-dealkylation sites (N-methyl/N-ethyl adjacent to an activating group) is 1. The number of benzene rings is 1. The number of hydrogen-bond donors (Lipinski definition) is 2. The standard InChI is InChI=1S/C24H25Cl2N7O2/c1-14(22-19(25)10-27-11-20(22)26)35-17-5-6-21-18(8-17)23(31-30-21)24(34)29-15-9-28-33(12-15)13-16-4-3-7-32(16)2/h5-6,8-12,14,16H,3-4,7,13H2,1-2H3,(H,29,34)(H,30,31). The number of rotatable bonds is 7. The maximum Gasteiger partial charge on any atom is 0.276 e. The largest absolute Gasteiger partial charge is 0.486 e. The average molecular weight is 514 g/mol. The second-order valence-electron chi connectivity index (χ2n) is 8.74. The molecule has 1 fully saturated rings. The molecular formula is C24H25Cl2N7O2. The fraction of sp³-hybridized carbons (Fsp3) is 0.333. The van der Waals surface area contributed by atoms with E-state index in [9.17, 15) is 4.79 Å². The Labute approximate surface area is 212 Å². The van der Waals surface area contributed by atoms with Crippen LogP contribution in [0, 0.1) is 0 Å². The third kappa shape index (κ3) is 4.98. The Morgan fingerprint density at radius 3 is 2.83 bits per heavy atom. The second-order valence-corrected chi connectivity index (χ2v) is 9.55. The Balaban J connectivity index is 1.31. The summed E-state index contributed by atoms with van der Waals surface area (Å²) >= 11 is 12.5. The molecule has 1 saturated heterocycles. The molecule has 182 valence electrons. The summed E-state index contributed by atoms with van der Waals surface area (Å²) in [6.45, 7) is 3.75. The monoisotopic (exact) mass is 513 g/mol. The molecule has 0 radical (unpaired) electrons. The quantitative estimate of drug-likeness (QED) is 0.362. The van der Waals surface area contributed by atoms with Gasteiger partial charge >= 0.3 is 0 Å². The smallest absolute Gasteiger partial charge is 0.276 e. The summed E-state index contributed by atoms with van der Waals surface area (Å²) in [6.07, 6.45) is 8.48. The molecule has 2 N–H and O–H groups in total. The van der Waals surface area contributed by atoms with Gasteiger partial charge in [0.1, 0.15) is 11.9 Å². The van der Waals surface area contributed by atoms with Crippen molar-refractivity contribution < 1.29 is 9.53 Å². The number of likely N-dealkylation sites (tertiary alicyclic amines) is 1. The van der Waals surface area contributed by atoms with Gasteiger partial charge in [0, 0.05) is 35.6 Å². The van der Waals surface area contributed by atoms with Crippen molar-refractivity contribution in [2.75, 3.05) is 18.9 Å². The van der Waals surface area contributed by atoms with Crippen molar-refractivity contribution in [1.29, 1.82) is 0 Å². The lowest BCUT2D eigenvalue weighted by Crippen LogP contribution is -2.29. The molecule has 1 aliphatic rings. The van der Waals surface area contributed by atoms with Crippen molar-refractivity contribution in [3.8, 4) is 5.75 Å². The van der Waals surface area contributed by atoms with Crippen LogP contribution in [0.5, 0.6) is 5.75 Å². The van der Waals surface area contributed by atoms with Crippen LogP contribution in [-0.2, 0) is 6.54 Å². The summed E-state index contributed by atoms with van der Waals surface area (Å²) in [4.78, 5) is 19.3. The van der Waals surface area contributed by atoms with Gasteiger partial charge in [-0.05, 0) is 51.6 Å². The minimum atomic E-state index is -0.427. The van der Waals surface area contributed by atoms with E-state index in [-0.39, 0.29) is 11.6 Å². The van der Waals surface area contributed by atoms with Crippen molar-refractivity contribution in [2.45, 2.75) is 38.5 Å². The molecule has 0 spiro atoms. The fourth-order valence-electron chi connectivity index (χ4n) is 4.46. The molecule has 1 aromatic carbocycles. The summed E-state index contributed by atoms with van der Waals surface area (Å²) in [5, 5.41) is 15.9. The van der Waals surface area contributed by atoms with Crippen molar-refractivity contribution in [1.82, 2.24) is 29.9 Å². The van der Waals surface area contributed by atoms with Crippen LogP contribution in [0.1, 0.15) is 41.9 Å². The van der Waals surface area contributed by atoms with Crippen molar-refractivity contribution >= 4 is 45.7 Å². The van der Waals surface area contributed by atoms with E-state index in [1.165, 1.54) is 18.8 Å². The molecule has 0 aliphatic carbocycles. The molecule has 0 bridgehead atoms. The molecule has 2 atom stereocenters. The Bertz CT molecular complexity index is 1350. The predicted octanol–water partition coefficient (Wildman–Crippen LogP) is 4.95. The van der Waals surface area contributed by atoms with Crippen molar-refractivity contribution in [2.24, 2.45) is 0 Å². The lowest BCUT2D eigenvalue weighted by molar-refractivity contribution is 0.102. The van der Waals surface area contributed by atoms with Crippen LogP contribution in [0.3, 0.4) is 0 Å². The molecule has 11 heteroatoms. The molecule has 3 aromatic heterocycles. The van der Waals surface area contributed by atoms with Gasteiger partial charge in [0.2, 0.25) is 0 Å². The number of hydrogen-bond acceptors (Lipinski definition) is 6. The minimum absolute atomic E-state index is 0.265. The Morgan fingerprint density at radius 2 is 2.09 bits per heavy atom. The highest BCUT2D eigenvalue weighted by atomic mass is 35.5. The number of amides is 1. The number of pyridine rings is 1. The van der Waals surface area contributed by atoms with Crippen LogP contribution in [0.25, 0.3) is 10.9 Å². The normalized spacial score (nSPS) is 17.1. The fourth-order valence-corrected chi connectivity index (χ4v) is 5.13. The predicted molar refractivity (Wildman–Crippen MR) is 135 cm³/mol. The lowest BCUT2D eigenvalue weighted by Gasteiger charge is -2.18. The van der Waals surface area contributed by atoms with Crippen molar-refractivity contribution in [3.63, 3.8) is 0 Å². The zero-order valence-corrected chi connectivity index (χ0v) is 20.8. The number of carbonyl (C=O) groups excluding carboxylic acids is 1. The van der Waals surface area contributed by atoms with E-state index in [1.807, 2.05) is 23.9 Å². The molecule has 1 aliphatic heterocycles. The van der Waals surface area contributed by atoms with Crippen molar-refractivity contribution in [3.05, 3.63) is 64.3 Å². The molecule has 1 amide bonds. The molecule has 4 aromatic rings. The van der Waals surface area contributed by atoms with Crippen LogP contribution in [0.2, 0.25) is 10.0 Å². The van der Waals surface area contributed by atoms with E-state index >= 15 is 0 Å². The van der Waals surface area contributed by atoms with Gasteiger partial charge < -0.3 is 15.0 Å². The summed E-state index contributed by atoms with van der Waals surface area (Å²) in [5.41, 5.74) is 2.25. The van der Waals surface area contributed by atoms with Crippen LogP contribution >= 0.6 is 23.2 Å². The molecule has 2 unspecified atom stereocenters. The van der Waals surface area contributed by atoms with E-state index in [4.69, 9.17) is 27.9 Å². The number of H-pyrrole nitrogens is 1. The van der Waals surface area contributed by atoms with E-state index in [0.717, 1.165) is 25.0 Å². The number of ether oxygens (including phenoxy) is 1. The maximum atomic E-state index is 13.0. The summed E-state index contributed by atoms with van der Waals surface area (Å²) in [5.74, 6) is 0.220. The van der Waals surface area contributed by atoms with Crippen LogP contribution in [0.4, 0.5) is 5.69 Å². The number of halogens is 2. The van der Waals surface area contributed by atoms with Gasteiger partial charge in [0.05, 0.1) is 34.0 Å². The third-order valence-corrected chi connectivity index (χ3v) is 6.92. The highest BCUT2D eigenvalue weighted by molar-refractivity contribution is 6.35. The topological polar surface area (TPSA) is 101 Å². The second kappa shape index (κ2) is 9.85. The highest BCUT2D eigenvalue weighted by Gasteiger charge is 2.22. The van der Waals surface area contributed by atoms with Gasteiger partial charge in [0.15, 0.2) is 5.69 Å². The molecule has 4 heterocycles. The number of nitrogens with one attached hydrogen (secondary N) is 2. The van der Waals surface area contributed by atoms with Gasteiger partial charge in [-0.2, -0.15) is 10.2 Å². The van der Waals surface area contributed by atoms with Gasteiger partial charge in [-0.25, -0.2) is 0 Å². The first-order valence-corrected chi connectivity index (χ1v) is 12.1. The number of nitrogens with zero attached hydrogens (tertiary/aromatic N) is 5. The summed E-state index contributed by atoms with van der Waals surface area (Å²) in [6, 6.07) is 5.84. The average Bonchev–Trinajstić information content (AvgIpc) is 3.54. The number of aromatic amines is 1. The van der Waals surface area contributed by atoms with E-state index < -0.39 is 6.10 Å². The van der Waals surface area contributed by atoms with Gasteiger partial charge in [-0.15, -0.1) is 0 Å². The highest BCUT2D eigenvalue weighted by Crippen LogP contribution is 2.33. The SMILES string of the molecule is CC(Oc1ccc2[nH]nc(C(=O)Nc3cnn(CC4CCCN4C)c3)c2c1)c1c(Cl)cncc1Cl. The van der Waals surface area contributed by atoms with Crippen LogP contribution in [0.15, 0.2) is 43.0 Å². The molecule has 0 saturated carbocycles. The van der Waals surface area contributed by atoms with E-state index in [0.29, 0.717) is 38.5 Å². The number of anilines is 1. The maximum absolute atomic E-state index is 13.0. The van der Waals surface area contributed by atoms with E-state index in [1.54, 1.807) is 18.3 Å². The first-order valence-electron chi connectivity index (χ1n) is 11.4. The Kier molecular flexibility index (Phi) is 6.64. The Hall–Kier alpha value is -3.14. The number of carbonyl (C=O) groups is 1. The molecule has 5 rings (SSSR count). The molecular weight excluding hydrogens is 489 g/mol. The van der Waals surface area contributed by atoms with Gasteiger partial charge in [-0.1, -0.05) is 23.2 Å². The first kappa shape index (κ1) is 23.6. The molecule has 9 nitrogen and oxygen atoms in total. The lowest BCUT2D eigenvalue weighted by atomic mass is 10.1. The zero-order valence-electron chi connectivity index (χ0n) is 19.3. The number of aromatic nitrogens is 5. The van der Waals surface area contributed by atoms with Crippen LogP contribution < -0.4 is 10.1 Å². The minimum Gasteiger partial charge on any atom is -0.486 e. The van der Waals surface area contributed by atoms with Crippen LogP contribution in [-0.4, -0.2) is 55.4 Å². The third-order valence-electron chi connectivity index (χ3n) is 6.32. The molecule has 35 heavy (non-hydrogen) atoms. The summed E-state index contributed by atoms with van der Waals surface area (Å²) < 4.78 is 7.95. The first-order chi connectivity index (χ1) is 16.9. The zero-order chi connectivity index (χ0) is 24.5. The number of fused-ring (bicyclic) bond motifs is 1. The summed E-state index contributed by atoms with van der Waals surface area (Å²) in [7, 11) is 2.13.